The van der Waals surface area contributed by atoms with E-state index in [9.17, 15) is 0 Å². The molecule has 4 aliphatic heterocycles. The van der Waals surface area contributed by atoms with Gasteiger partial charge in [0.25, 0.3) is 0 Å². The van der Waals surface area contributed by atoms with Crippen LogP contribution in [0, 0.1) is 0 Å². The van der Waals surface area contributed by atoms with Crippen molar-refractivity contribution in [1.82, 2.24) is 31.9 Å². The first-order chi connectivity index (χ1) is 35.7. The molecule has 9 aromatic carbocycles. The summed E-state index contributed by atoms with van der Waals surface area (Å²) in [5.74, 6) is 0. The molecule has 13 rings (SSSR count). The van der Waals surface area contributed by atoms with E-state index in [1.807, 2.05) is 0 Å². The van der Waals surface area contributed by atoms with Gasteiger partial charge in [0.1, 0.15) is 0 Å². The molecule has 0 amide bonds. The summed E-state index contributed by atoms with van der Waals surface area (Å²) in [5.41, 5.74) is 14.9. The van der Waals surface area contributed by atoms with Crippen LogP contribution in [0.25, 0.3) is 0 Å². The van der Waals surface area contributed by atoms with Crippen LogP contribution < -0.4 is 31.9 Å². The first kappa shape index (κ1) is 48.4. The molecule has 6 N–H and O–H groups in total. The van der Waals surface area contributed by atoms with Gasteiger partial charge in [-0.2, -0.15) is 0 Å². The van der Waals surface area contributed by atoms with E-state index in [0.29, 0.717) is 0 Å². The highest BCUT2D eigenvalue weighted by atomic mass is 15.0. The van der Waals surface area contributed by atoms with Crippen LogP contribution in [0.3, 0.4) is 0 Å². The Bertz CT molecular complexity index is 2420. The van der Waals surface area contributed by atoms with Gasteiger partial charge in [0, 0.05) is 39.3 Å². The molecule has 360 valence electrons. The van der Waals surface area contributed by atoms with Gasteiger partial charge in [0.2, 0.25) is 0 Å². The van der Waals surface area contributed by atoms with Gasteiger partial charge in [-0.15, -0.1) is 0 Å². The second-order valence-corrected chi connectivity index (χ2v) is 19.1. The van der Waals surface area contributed by atoms with Gasteiger partial charge in [-0.25, -0.2) is 0 Å². The maximum absolute atomic E-state index is 4.02. The molecule has 9 aromatic rings. The summed E-state index contributed by atoms with van der Waals surface area (Å²) >= 11 is 0. The van der Waals surface area contributed by atoms with Crippen LogP contribution in [-0.2, 0) is 39.3 Å². The van der Waals surface area contributed by atoms with E-state index in [4.69, 9.17) is 0 Å². The van der Waals surface area contributed by atoms with E-state index < -0.39 is 0 Å². The first-order valence-corrected chi connectivity index (χ1v) is 25.6. The molecule has 6 atom stereocenters. The molecule has 0 aliphatic carbocycles. The highest BCUT2D eigenvalue weighted by Gasteiger charge is 2.28. The third kappa shape index (κ3) is 12.8. The zero-order chi connectivity index (χ0) is 48.6. The molecule has 0 radical (unpaired) electrons. The lowest BCUT2D eigenvalue weighted by molar-refractivity contribution is 0.379. The van der Waals surface area contributed by atoms with Gasteiger partial charge in [-0.1, -0.05) is 255 Å². The Hall–Kier alpha value is -7.26. The number of fused-ring (bicyclic) bond motifs is 3. The minimum Gasteiger partial charge on any atom is -0.304 e. The van der Waals surface area contributed by atoms with E-state index >= 15 is 0 Å². The van der Waals surface area contributed by atoms with E-state index in [1.54, 1.807) is 0 Å². The number of hydrogen-bond acceptors (Lipinski definition) is 6. The van der Waals surface area contributed by atoms with E-state index in [1.165, 1.54) is 66.8 Å². The van der Waals surface area contributed by atoms with Crippen LogP contribution in [-0.4, -0.2) is 0 Å². The molecule has 0 aromatic heterocycles. The molecule has 6 bridgehead atoms. The highest BCUT2D eigenvalue weighted by molar-refractivity contribution is 5.34. The molecule has 6 heteroatoms. The average molecular weight is 943 g/mol. The third-order valence-corrected chi connectivity index (χ3v) is 14.2. The Morgan fingerprint density at radius 1 is 0.167 bits per heavy atom. The second-order valence-electron chi connectivity index (χ2n) is 19.1. The summed E-state index contributed by atoms with van der Waals surface area (Å²) in [5, 5.41) is 24.1. The van der Waals surface area contributed by atoms with Crippen molar-refractivity contribution < 1.29 is 0 Å². The lowest BCUT2D eigenvalue weighted by Crippen LogP contribution is -2.35. The number of hydrogen-bond donors (Lipinski definition) is 6. The van der Waals surface area contributed by atoms with Crippen molar-refractivity contribution in [3.8, 4) is 0 Å². The lowest BCUT2D eigenvalue weighted by atomic mass is 9.92. The second kappa shape index (κ2) is 24.7. The fraction of sp³-hybridized carbons (Fsp3) is 0.182. The minimum atomic E-state index is 0.00616. The number of rotatable bonds is 6. The summed E-state index contributed by atoms with van der Waals surface area (Å²) in [6.45, 7) is 4.32. The van der Waals surface area contributed by atoms with Crippen molar-refractivity contribution in [2.24, 2.45) is 0 Å². The Morgan fingerprint density at radius 2 is 0.292 bits per heavy atom. The van der Waals surface area contributed by atoms with Gasteiger partial charge in [0.05, 0.1) is 36.3 Å². The summed E-state index contributed by atoms with van der Waals surface area (Å²) < 4.78 is 0. The minimum absolute atomic E-state index is 0.00616. The maximum atomic E-state index is 4.02. The molecule has 0 fully saturated rings. The highest BCUT2D eigenvalue weighted by Crippen LogP contribution is 2.33. The Kier molecular flexibility index (Phi) is 16.6. The summed E-state index contributed by atoms with van der Waals surface area (Å²) in [4.78, 5) is 0. The van der Waals surface area contributed by atoms with Crippen LogP contribution in [0.5, 0.6) is 0 Å². The molecule has 0 spiro atoms. The molecule has 4 aliphatic rings. The predicted octanol–water partition coefficient (Wildman–Crippen LogP) is 13.1. The van der Waals surface area contributed by atoms with E-state index in [2.05, 4.69) is 287 Å². The molecule has 6 nitrogen and oxygen atoms in total. The molecular weight excluding hydrogens is 877 g/mol. The predicted molar refractivity (Wildman–Crippen MR) is 295 cm³/mol. The monoisotopic (exact) mass is 943 g/mol. The van der Waals surface area contributed by atoms with Gasteiger partial charge in [-0.3, -0.25) is 0 Å². The topological polar surface area (TPSA) is 72.2 Å². The van der Waals surface area contributed by atoms with Gasteiger partial charge in [0.15, 0.2) is 0 Å². The van der Waals surface area contributed by atoms with E-state index in [-0.39, 0.29) is 36.3 Å². The number of benzene rings is 9. The van der Waals surface area contributed by atoms with Crippen LogP contribution >= 0.6 is 0 Å². The molecule has 0 saturated carbocycles. The fourth-order valence-corrected chi connectivity index (χ4v) is 10.2. The van der Waals surface area contributed by atoms with Crippen LogP contribution in [0.4, 0.5) is 0 Å². The van der Waals surface area contributed by atoms with Crippen molar-refractivity contribution in [3.63, 3.8) is 0 Å². The quantitative estimate of drug-likeness (QED) is 0.0998. The van der Waals surface area contributed by atoms with Crippen molar-refractivity contribution in [2.45, 2.75) is 75.5 Å². The van der Waals surface area contributed by atoms with Gasteiger partial charge >= 0.3 is 0 Å². The van der Waals surface area contributed by atoms with Crippen molar-refractivity contribution in [2.75, 3.05) is 0 Å². The third-order valence-electron chi connectivity index (χ3n) is 14.2. The maximum Gasteiger partial charge on any atom is 0.0521 e. The molecule has 0 saturated heterocycles. The van der Waals surface area contributed by atoms with Gasteiger partial charge < -0.3 is 31.9 Å². The molecule has 72 heavy (non-hydrogen) atoms. The summed E-state index contributed by atoms with van der Waals surface area (Å²) in [6.07, 6.45) is 0. The Balaban J connectivity index is 0.986. The molecule has 0 unspecified atom stereocenters. The van der Waals surface area contributed by atoms with E-state index in [0.717, 1.165) is 39.3 Å². The first-order valence-electron chi connectivity index (χ1n) is 25.6. The molecule has 4 heterocycles. The Labute approximate surface area is 427 Å². The van der Waals surface area contributed by atoms with Crippen LogP contribution in [0.1, 0.15) is 103 Å². The average Bonchev–Trinajstić information content (AvgIpc) is 3.45. The zero-order valence-electron chi connectivity index (χ0n) is 41.0. The zero-order valence-corrected chi connectivity index (χ0v) is 41.0. The Morgan fingerprint density at radius 3 is 0.417 bits per heavy atom. The van der Waals surface area contributed by atoms with Crippen LogP contribution in [0.15, 0.2) is 255 Å². The van der Waals surface area contributed by atoms with Crippen LogP contribution in [0.2, 0.25) is 0 Å². The largest absolute Gasteiger partial charge is 0.304 e. The number of nitrogens with one attached hydrogen (secondary N) is 6. The lowest BCUT2D eigenvalue weighted by Gasteiger charge is -2.31. The van der Waals surface area contributed by atoms with Gasteiger partial charge in [-0.05, 0) is 66.8 Å². The van der Waals surface area contributed by atoms with Crippen molar-refractivity contribution in [1.29, 1.82) is 0 Å². The fourth-order valence-electron chi connectivity index (χ4n) is 10.2. The standard InChI is InChI=1S/C66H66N6/c1-7-19-55(20-8-1)61-62(56-21-9-2-10-22-56)68-44-50-35-37-52(38-36-50)46-70-65(59-27-15-5-16-28-59)66(60-29-17-6-18-30-60)72-48-54-41-39-53(40-42-54)47-71-64(58-25-13-4-14-26-58)63(57-23-11-3-12-24-57)69-45-51-33-31-49(32-34-51)43-67-61/h1-42,61-72H,43-48H2/t61-,62-,63-,64-,65-,66-/m0/s1. The summed E-state index contributed by atoms with van der Waals surface area (Å²) in [6, 6.07) is 92.7. The van der Waals surface area contributed by atoms with Crippen molar-refractivity contribution in [3.05, 3.63) is 322 Å². The summed E-state index contributed by atoms with van der Waals surface area (Å²) in [7, 11) is 0. The van der Waals surface area contributed by atoms with Crippen molar-refractivity contribution >= 4 is 0 Å². The normalized spacial score (nSPS) is 20.7. The SMILES string of the molecule is c1ccc([C@@H]2NCc3ccc(cc3)CN[C@@H](c3ccccc3)[C@H](c3ccccc3)NCc3ccc(cc3)CN[C@@H](c3ccccc3)[C@H](c3ccccc3)NCc3ccc(cc3)CN[C@H]2c2ccccc2)cc1. The smallest absolute Gasteiger partial charge is 0.0521 e. The molecular formula is C66H66N6.